The van der Waals surface area contributed by atoms with Crippen molar-refractivity contribution >= 4 is 34.0 Å². The summed E-state index contributed by atoms with van der Waals surface area (Å²) < 4.78 is 0. The molecule has 6 rings (SSSR count). The summed E-state index contributed by atoms with van der Waals surface area (Å²) in [5.41, 5.74) is 4.20. The SMILES string of the molecule is C=CC(=O)N1CCN(c2nc(N3CCN(C)CC3)c(C#N)c3c2CCN(c2cccc4ccccc24)C3)CC1. The monoisotopic (exact) mass is 521 g/mol. The Bertz CT molecular complexity index is 1440. The number of aromatic nitrogens is 1. The lowest BCUT2D eigenvalue weighted by atomic mass is 9.94. The van der Waals surface area contributed by atoms with Gasteiger partial charge in [-0.1, -0.05) is 43.0 Å². The molecule has 2 saturated heterocycles. The molecular formula is C31H35N7O. The summed E-state index contributed by atoms with van der Waals surface area (Å²) in [6.45, 7) is 11.5. The minimum atomic E-state index is -0.0201. The molecule has 2 aromatic carbocycles. The van der Waals surface area contributed by atoms with E-state index < -0.39 is 0 Å². The van der Waals surface area contributed by atoms with Crippen LogP contribution in [0.25, 0.3) is 10.8 Å². The Morgan fingerprint density at radius 3 is 2.31 bits per heavy atom. The Morgan fingerprint density at radius 2 is 1.56 bits per heavy atom. The van der Waals surface area contributed by atoms with Gasteiger partial charge in [-0.2, -0.15) is 5.26 Å². The van der Waals surface area contributed by atoms with Crippen molar-refractivity contribution in [3.8, 4) is 6.07 Å². The summed E-state index contributed by atoms with van der Waals surface area (Å²) in [6, 6.07) is 17.6. The molecule has 0 bridgehead atoms. The van der Waals surface area contributed by atoms with E-state index in [0.717, 1.165) is 69.4 Å². The highest BCUT2D eigenvalue weighted by atomic mass is 16.2. The van der Waals surface area contributed by atoms with Crippen molar-refractivity contribution in [1.82, 2.24) is 14.8 Å². The number of benzene rings is 2. The molecule has 1 amide bonds. The molecular weight excluding hydrogens is 486 g/mol. The second-order valence-corrected chi connectivity index (χ2v) is 10.7. The van der Waals surface area contributed by atoms with Crippen LogP contribution >= 0.6 is 0 Å². The molecule has 0 atom stereocenters. The molecule has 8 heteroatoms. The van der Waals surface area contributed by atoms with E-state index in [-0.39, 0.29) is 5.91 Å². The number of nitrogens with zero attached hydrogens (tertiary/aromatic N) is 7. The molecule has 0 spiro atoms. The average Bonchev–Trinajstić information content (AvgIpc) is 2.99. The lowest BCUT2D eigenvalue weighted by Crippen LogP contribution is -2.49. The zero-order chi connectivity index (χ0) is 26.9. The van der Waals surface area contributed by atoms with Gasteiger partial charge in [0, 0.05) is 82.1 Å². The van der Waals surface area contributed by atoms with Crippen molar-refractivity contribution in [3.63, 3.8) is 0 Å². The summed E-state index contributed by atoms with van der Waals surface area (Å²) in [6.07, 6.45) is 2.22. The van der Waals surface area contributed by atoms with Crippen LogP contribution < -0.4 is 14.7 Å². The molecule has 0 N–H and O–H groups in total. The maximum absolute atomic E-state index is 12.2. The number of carbonyl (C=O) groups is 1. The lowest BCUT2D eigenvalue weighted by molar-refractivity contribution is -0.126. The highest BCUT2D eigenvalue weighted by molar-refractivity contribution is 5.94. The maximum atomic E-state index is 12.2. The van der Waals surface area contributed by atoms with E-state index in [1.165, 1.54) is 28.1 Å². The molecule has 4 heterocycles. The third-order valence-corrected chi connectivity index (χ3v) is 8.44. The topological polar surface area (TPSA) is 70.0 Å². The number of rotatable bonds is 4. The highest BCUT2D eigenvalue weighted by Gasteiger charge is 2.32. The van der Waals surface area contributed by atoms with Crippen molar-refractivity contribution in [2.75, 3.05) is 80.7 Å². The molecule has 0 radical (unpaired) electrons. The number of pyridine rings is 1. The molecule has 0 unspecified atom stereocenters. The fraction of sp³-hybridized carbons (Fsp3) is 0.387. The predicted molar refractivity (Wildman–Crippen MR) is 156 cm³/mol. The van der Waals surface area contributed by atoms with Gasteiger partial charge in [0.1, 0.15) is 17.7 Å². The Morgan fingerprint density at radius 1 is 0.872 bits per heavy atom. The summed E-state index contributed by atoms with van der Waals surface area (Å²) in [4.78, 5) is 28.6. The molecule has 39 heavy (non-hydrogen) atoms. The largest absolute Gasteiger partial charge is 0.366 e. The van der Waals surface area contributed by atoms with Crippen LogP contribution in [0.3, 0.4) is 0 Å². The standard InChI is InChI=1S/C31H35N7O/c1-3-29(39)35-17-19-37(20-18-35)30-25-11-12-38(28-10-6-8-23-7-4-5-9-24(23)28)22-27(25)26(21-32)31(33-30)36-15-13-34(2)14-16-36/h3-10H,1,11-20,22H2,2H3. The number of anilines is 3. The van der Waals surface area contributed by atoms with E-state index in [1.807, 2.05) is 4.90 Å². The van der Waals surface area contributed by atoms with Crippen LogP contribution in [0.15, 0.2) is 55.1 Å². The zero-order valence-electron chi connectivity index (χ0n) is 22.6. The summed E-state index contributed by atoms with van der Waals surface area (Å²) in [5, 5.41) is 13.0. The lowest BCUT2D eigenvalue weighted by Gasteiger charge is -2.40. The van der Waals surface area contributed by atoms with Gasteiger partial charge in [0.25, 0.3) is 0 Å². The number of likely N-dealkylation sites (N-methyl/N-ethyl adjacent to an activating group) is 1. The van der Waals surface area contributed by atoms with Gasteiger partial charge in [0.2, 0.25) is 5.91 Å². The number of amides is 1. The minimum Gasteiger partial charge on any atom is -0.366 e. The molecule has 0 aliphatic carbocycles. The Hall–Kier alpha value is -4.09. The second kappa shape index (κ2) is 10.6. The number of hydrogen-bond donors (Lipinski definition) is 0. The Labute approximate surface area is 230 Å². The number of piperazine rings is 2. The Kier molecular flexibility index (Phi) is 6.84. The summed E-state index contributed by atoms with van der Waals surface area (Å²) >= 11 is 0. The van der Waals surface area contributed by atoms with E-state index in [9.17, 15) is 10.1 Å². The number of carbonyl (C=O) groups excluding carboxylic acids is 1. The molecule has 200 valence electrons. The first-order chi connectivity index (χ1) is 19.1. The van der Waals surface area contributed by atoms with Crippen LogP contribution in [0.2, 0.25) is 0 Å². The van der Waals surface area contributed by atoms with Crippen molar-refractivity contribution in [2.24, 2.45) is 0 Å². The molecule has 1 aromatic heterocycles. The molecule has 2 fully saturated rings. The summed E-state index contributed by atoms with van der Waals surface area (Å²) in [5.74, 6) is 1.78. The first-order valence-electron chi connectivity index (χ1n) is 13.9. The molecule has 8 nitrogen and oxygen atoms in total. The first-order valence-corrected chi connectivity index (χ1v) is 13.9. The van der Waals surface area contributed by atoms with Gasteiger partial charge < -0.3 is 24.5 Å². The van der Waals surface area contributed by atoms with Crippen LogP contribution in [-0.2, 0) is 17.8 Å². The number of nitriles is 1. The van der Waals surface area contributed by atoms with Crippen LogP contribution in [0, 0.1) is 11.3 Å². The van der Waals surface area contributed by atoms with Crippen LogP contribution in [-0.4, -0.2) is 86.6 Å². The van der Waals surface area contributed by atoms with Crippen molar-refractivity contribution in [3.05, 3.63) is 71.8 Å². The normalized spacial score (nSPS) is 18.2. The van der Waals surface area contributed by atoms with E-state index in [2.05, 4.69) is 81.8 Å². The fourth-order valence-corrected chi connectivity index (χ4v) is 6.18. The third kappa shape index (κ3) is 4.68. The van der Waals surface area contributed by atoms with E-state index in [1.54, 1.807) is 0 Å². The van der Waals surface area contributed by atoms with Gasteiger partial charge in [-0.3, -0.25) is 4.79 Å². The van der Waals surface area contributed by atoms with Crippen molar-refractivity contribution in [2.45, 2.75) is 13.0 Å². The predicted octanol–water partition coefficient (Wildman–Crippen LogP) is 3.26. The molecule has 3 aliphatic rings. The molecule has 0 saturated carbocycles. The number of hydrogen-bond acceptors (Lipinski definition) is 7. The molecule has 3 aromatic rings. The smallest absolute Gasteiger partial charge is 0.246 e. The van der Waals surface area contributed by atoms with E-state index in [0.29, 0.717) is 25.2 Å². The maximum Gasteiger partial charge on any atom is 0.246 e. The minimum absolute atomic E-state index is 0.0201. The van der Waals surface area contributed by atoms with Crippen LogP contribution in [0.4, 0.5) is 17.3 Å². The average molecular weight is 522 g/mol. The van der Waals surface area contributed by atoms with Gasteiger partial charge in [-0.25, -0.2) is 4.98 Å². The highest BCUT2D eigenvalue weighted by Crippen LogP contribution is 2.38. The van der Waals surface area contributed by atoms with Gasteiger partial charge in [-0.05, 0) is 36.6 Å². The van der Waals surface area contributed by atoms with Gasteiger partial charge >= 0.3 is 0 Å². The fourth-order valence-electron chi connectivity index (χ4n) is 6.18. The van der Waals surface area contributed by atoms with E-state index >= 15 is 0 Å². The van der Waals surface area contributed by atoms with Gasteiger partial charge in [0.15, 0.2) is 0 Å². The van der Waals surface area contributed by atoms with Gasteiger partial charge in [-0.15, -0.1) is 0 Å². The second-order valence-electron chi connectivity index (χ2n) is 10.7. The zero-order valence-corrected chi connectivity index (χ0v) is 22.6. The Balaban J connectivity index is 1.41. The van der Waals surface area contributed by atoms with Crippen LogP contribution in [0.1, 0.15) is 16.7 Å². The van der Waals surface area contributed by atoms with Gasteiger partial charge in [0.05, 0.1) is 5.56 Å². The van der Waals surface area contributed by atoms with Crippen molar-refractivity contribution in [1.29, 1.82) is 5.26 Å². The molecule has 3 aliphatic heterocycles. The third-order valence-electron chi connectivity index (χ3n) is 8.44. The quantitative estimate of drug-likeness (QED) is 0.488. The van der Waals surface area contributed by atoms with E-state index in [4.69, 9.17) is 4.98 Å². The van der Waals surface area contributed by atoms with Crippen molar-refractivity contribution < 1.29 is 4.79 Å². The number of fused-ring (bicyclic) bond motifs is 2. The van der Waals surface area contributed by atoms with Crippen LogP contribution in [0.5, 0.6) is 0 Å². The summed E-state index contributed by atoms with van der Waals surface area (Å²) in [7, 11) is 2.14. The first kappa shape index (κ1) is 25.2.